The van der Waals surface area contributed by atoms with Crippen LogP contribution >= 0.6 is 0 Å². The fourth-order valence-electron chi connectivity index (χ4n) is 3.21. The Morgan fingerprint density at radius 3 is 2.60 bits per heavy atom. The number of anilines is 3. The first kappa shape index (κ1) is 20.1. The van der Waals surface area contributed by atoms with Crippen molar-refractivity contribution in [1.82, 2.24) is 25.1 Å². The van der Waals surface area contributed by atoms with Crippen LogP contribution in [0.5, 0.6) is 0 Å². The van der Waals surface area contributed by atoms with Crippen molar-refractivity contribution in [3.63, 3.8) is 0 Å². The van der Waals surface area contributed by atoms with Crippen molar-refractivity contribution < 1.29 is 4.74 Å². The van der Waals surface area contributed by atoms with E-state index >= 15 is 0 Å². The lowest BCUT2D eigenvalue weighted by Crippen LogP contribution is -2.39. The lowest BCUT2D eigenvalue weighted by atomic mass is 10.2. The first-order chi connectivity index (χ1) is 14.7. The molecule has 1 fully saturated rings. The van der Waals surface area contributed by atoms with E-state index < -0.39 is 0 Å². The van der Waals surface area contributed by atoms with E-state index in [1.165, 1.54) is 0 Å². The van der Waals surface area contributed by atoms with Crippen LogP contribution in [0.1, 0.15) is 17.1 Å². The maximum absolute atomic E-state index is 5.41. The van der Waals surface area contributed by atoms with Crippen molar-refractivity contribution in [3.8, 4) is 0 Å². The van der Waals surface area contributed by atoms with E-state index in [4.69, 9.17) is 4.74 Å². The van der Waals surface area contributed by atoms with Crippen LogP contribution in [0.15, 0.2) is 42.5 Å². The molecular formula is C22H27N7O. The lowest BCUT2D eigenvalue weighted by Gasteiger charge is -2.26. The van der Waals surface area contributed by atoms with Crippen molar-refractivity contribution in [2.75, 3.05) is 50.0 Å². The number of aromatic nitrogens is 4. The Labute approximate surface area is 176 Å². The molecule has 2 aromatic heterocycles. The molecule has 3 aromatic rings. The lowest BCUT2D eigenvalue weighted by molar-refractivity contribution is 0.0398. The summed E-state index contributed by atoms with van der Waals surface area (Å²) in [5, 5.41) is 13.8. The topological polar surface area (TPSA) is 91.0 Å². The number of nitrogens with one attached hydrogen (secondary N) is 3. The van der Waals surface area contributed by atoms with Crippen LogP contribution in [0, 0.1) is 6.92 Å². The number of benzene rings is 1. The van der Waals surface area contributed by atoms with Gasteiger partial charge in [-0.3, -0.25) is 10.00 Å². The van der Waals surface area contributed by atoms with Gasteiger partial charge in [0.25, 0.3) is 0 Å². The zero-order valence-electron chi connectivity index (χ0n) is 17.1. The van der Waals surface area contributed by atoms with Crippen LogP contribution in [0.2, 0.25) is 0 Å². The molecule has 30 heavy (non-hydrogen) atoms. The van der Waals surface area contributed by atoms with Crippen molar-refractivity contribution in [2.45, 2.75) is 6.92 Å². The summed E-state index contributed by atoms with van der Waals surface area (Å²) in [6.07, 6.45) is 3.93. The van der Waals surface area contributed by atoms with Gasteiger partial charge < -0.3 is 15.4 Å². The summed E-state index contributed by atoms with van der Waals surface area (Å²) >= 11 is 0. The number of hydrogen-bond donors (Lipinski definition) is 3. The number of nitrogens with zero attached hydrogens (tertiary/aromatic N) is 4. The molecule has 8 nitrogen and oxygen atoms in total. The molecule has 0 bridgehead atoms. The molecule has 0 amide bonds. The molecule has 0 spiro atoms. The summed E-state index contributed by atoms with van der Waals surface area (Å²) in [5.74, 6) is 2.83. The second-order valence-electron chi connectivity index (χ2n) is 7.18. The number of morpholine rings is 1. The molecule has 156 valence electrons. The average molecular weight is 406 g/mol. The molecular weight excluding hydrogens is 378 g/mol. The molecule has 0 aliphatic carbocycles. The normalized spacial score (nSPS) is 14.8. The van der Waals surface area contributed by atoms with E-state index in [-0.39, 0.29) is 0 Å². The predicted molar refractivity (Wildman–Crippen MR) is 120 cm³/mol. The van der Waals surface area contributed by atoms with E-state index in [0.717, 1.165) is 62.3 Å². The van der Waals surface area contributed by atoms with Gasteiger partial charge in [0, 0.05) is 44.0 Å². The van der Waals surface area contributed by atoms with Crippen LogP contribution in [0.25, 0.3) is 12.2 Å². The van der Waals surface area contributed by atoms with Gasteiger partial charge in [-0.15, -0.1) is 0 Å². The Bertz CT molecular complexity index is 965. The molecule has 0 atom stereocenters. The van der Waals surface area contributed by atoms with Gasteiger partial charge in [0.1, 0.15) is 11.6 Å². The fourth-order valence-corrected chi connectivity index (χ4v) is 3.21. The average Bonchev–Trinajstić information content (AvgIpc) is 3.18. The highest BCUT2D eigenvalue weighted by molar-refractivity contribution is 5.68. The van der Waals surface area contributed by atoms with Crippen LogP contribution in [-0.2, 0) is 4.74 Å². The Balaban J connectivity index is 1.48. The van der Waals surface area contributed by atoms with Gasteiger partial charge in [-0.1, -0.05) is 36.4 Å². The van der Waals surface area contributed by atoms with Crippen LogP contribution in [0.4, 0.5) is 17.5 Å². The smallest absolute Gasteiger partial charge is 0.156 e. The summed E-state index contributed by atoms with van der Waals surface area (Å²) in [6, 6.07) is 14.0. The molecule has 3 heterocycles. The number of aromatic amines is 1. The Morgan fingerprint density at radius 2 is 1.83 bits per heavy atom. The van der Waals surface area contributed by atoms with Crippen LogP contribution in [-0.4, -0.2) is 64.5 Å². The summed E-state index contributed by atoms with van der Waals surface area (Å²) in [5.41, 5.74) is 2.09. The summed E-state index contributed by atoms with van der Waals surface area (Å²) in [7, 11) is 0. The Morgan fingerprint density at radius 1 is 1.03 bits per heavy atom. The molecule has 8 heteroatoms. The molecule has 1 aromatic carbocycles. The van der Waals surface area contributed by atoms with E-state index in [2.05, 4.69) is 35.7 Å². The Hall–Kier alpha value is -3.23. The van der Waals surface area contributed by atoms with E-state index in [1.54, 1.807) is 0 Å². The van der Waals surface area contributed by atoms with Crippen LogP contribution < -0.4 is 10.6 Å². The van der Waals surface area contributed by atoms with Gasteiger partial charge in [0.05, 0.1) is 13.2 Å². The SMILES string of the molecule is Cc1cc(Nc2cc(NCCN3CCOCC3)nc(C=Cc3ccccc3)n2)n[nH]1. The minimum absolute atomic E-state index is 0.630. The second kappa shape index (κ2) is 10.00. The number of aryl methyl sites for hydroxylation is 1. The van der Waals surface area contributed by atoms with Gasteiger partial charge in [0.15, 0.2) is 11.6 Å². The molecule has 4 rings (SSSR count). The molecule has 1 aliphatic rings. The monoisotopic (exact) mass is 405 g/mol. The highest BCUT2D eigenvalue weighted by Gasteiger charge is 2.10. The third kappa shape index (κ3) is 5.88. The minimum atomic E-state index is 0.630. The number of rotatable bonds is 8. The molecule has 0 saturated carbocycles. The molecule has 1 saturated heterocycles. The molecule has 1 aliphatic heterocycles. The van der Waals surface area contributed by atoms with Gasteiger partial charge in [-0.2, -0.15) is 5.10 Å². The van der Waals surface area contributed by atoms with Crippen molar-refractivity contribution in [2.24, 2.45) is 0 Å². The third-order valence-corrected chi connectivity index (χ3v) is 4.77. The second-order valence-corrected chi connectivity index (χ2v) is 7.18. The largest absolute Gasteiger partial charge is 0.379 e. The maximum Gasteiger partial charge on any atom is 0.156 e. The van der Waals surface area contributed by atoms with E-state index in [0.29, 0.717) is 11.6 Å². The standard InChI is InChI=1S/C22H27N7O/c1-17-15-22(28-27-17)26-21-16-20(23-9-10-29-11-13-30-14-12-29)24-19(25-21)8-7-18-5-3-2-4-6-18/h2-8,15-16H,9-14H2,1H3,(H3,23,24,25,26,27,28). The van der Waals surface area contributed by atoms with Gasteiger partial charge >= 0.3 is 0 Å². The maximum atomic E-state index is 5.41. The summed E-state index contributed by atoms with van der Waals surface area (Å²) < 4.78 is 5.41. The number of H-pyrrole nitrogens is 1. The van der Waals surface area contributed by atoms with Gasteiger partial charge in [-0.25, -0.2) is 9.97 Å². The minimum Gasteiger partial charge on any atom is -0.379 e. The molecule has 0 radical (unpaired) electrons. The first-order valence-electron chi connectivity index (χ1n) is 10.2. The van der Waals surface area contributed by atoms with Crippen molar-refractivity contribution in [3.05, 3.63) is 59.5 Å². The third-order valence-electron chi connectivity index (χ3n) is 4.77. The zero-order chi connectivity index (χ0) is 20.6. The predicted octanol–water partition coefficient (Wildman–Crippen LogP) is 3.17. The quantitative estimate of drug-likeness (QED) is 0.530. The van der Waals surface area contributed by atoms with Crippen molar-refractivity contribution >= 4 is 29.6 Å². The summed E-state index contributed by atoms with van der Waals surface area (Å²) in [6.45, 7) is 7.27. The highest BCUT2D eigenvalue weighted by atomic mass is 16.5. The van der Waals surface area contributed by atoms with Gasteiger partial charge in [-0.05, 0) is 18.6 Å². The fraction of sp³-hybridized carbons (Fsp3) is 0.318. The number of ether oxygens (including phenoxy) is 1. The highest BCUT2D eigenvalue weighted by Crippen LogP contribution is 2.18. The van der Waals surface area contributed by atoms with Gasteiger partial charge in [0.2, 0.25) is 0 Å². The van der Waals surface area contributed by atoms with E-state index in [9.17, 15) is 0 Å². The summed E-state index contributed by atoms with van der Waals surface area (Å²) in [4.78, 5) is 11.7. The zero-order valence-corrected chi connectivity index (χ0v) is 17.1. The molecule has 3 N–H and O–H groups in total. The molecule has 0 unspecified atom stereocenters. The van der Waals surface area contributed by atoms with Crippen molar-refractivity contribution in [1.29, 1.82) is 0 Å². The van der Waals surface area contributed by atoms with E-state index in [1.807, 2.05) is 61.5 Å². The Kier molecular flexibility index (Phi) is 6.68. The first-order valence-corrected chi connectivity index (χ1v) is 10.2. The van der Waals surface area contributed by atoms with Crippen LogP contribution in [0.3, 0.4) is 0 Å². The number of hydrogen-bond acceptors (Lipinski definition) is 7.